The lowest BCUT2D eigenvalue weighted by Gasteiger charge is -2.30. The minimum atomic E-state index is -1.59. The Kier molecular flexibility index (Phi) is 20.4. The van der Waals surface area contributed by atoms with E-state index < -0.39 is 114 Å². The maximum Gasteiger partial charge on any atom is 0.248 e. The molecule has 4 heterocycles. The number of unbranched alkanes of at least 4 members (excludes halogenated alkanes) is 1. The van der Waals surface area contributed by atoms with E-state index in [1.165, 1.54) is 16.7 Å². The lowest BCUT2D eigenvalue weighted by atomic mass is 9.89. The number of hydrogen-bond donors (Lipinski definition) is 8. The van der Waals surface area contributed by atoms with E-state index in [4.69, 9.17) is 5.73 Å². The fourth-order valence-corrected chi connectivity index (χ4v) is 9.56. The van der Waals surface area contributed by atoms with E-state index in [2.05, 4.69) is 31.6 Å². The molecular weight excluding hydrogens is 905 g/mol. The number of para-hydroxylation sites is 1. The molecule has 1 aromatic heterocycles. The summed E-state index contributed by atoms with van der Waals surface area (Å²) in [7, 11) is 3.83. The molecule has 3 aliphatic rings. The first-order valence-electron chi connectivity index (χ1n) is 24.6. The number of primary amides is 1. The highest BCUT2D eigenvalue weighted by atomic mass is 16.3. The van der Waals surface area contributed by atoms with Crippen molar-refractivity contribution in [3.8, 4) is 0 Å². The van der Waals surface area contributed by atoms with Crippen molar-refractivity contribution in [3.63, 3.8) is 0 Å². The van der Waals surface area contributed by atoms with Crippen LogP contribution in [0.3, 0.4) is 0 Å². The van der Waals surface area contributed by atoms with E-state index in [0.29, 0.717) is 51.5 Å². The van der Waals surface area contributed by atoms with Crippen LogP contribution in [0, 0.1) is 5.92 Å². The highest BCUT2D eigenvalue weighted by Crippen LogP contribution is 2.25. The topological polar surface area (TPSA) is 303 Å². The zero-order chi connectivity index (χ0) is 51.1. The summed E-state index contributed by atoms with van der Waals surface area (Å²) in [5.74, 6) is -7.40. The number of carbonyl (C=O) groups excluding carboxylic acids is 10. The number of nitrogens with two attached hydrogens (primary N) is 1. The van der Waals surface area contributed by atoms with E-state index >= 15 is 0 Å². The third kappa shape index (κ3) is 15.1. The van der Waals surface area contributed by atoms with Crippen molar-refractivity contribution in [2.24, 2.45) is 11.7 Å². The van der Waals surface area contributed by atoms with Crippen LogP contribution in [0.1, 0.15) is 109 Å². The number of aliphatic hydroxyl groups is 1. The fraction of sp³-hybridized carbons (Fsp3) is 0.633. The molecule has 0 aliphatic carbocycles. The van der Waals surface area contributed by atoms with Crippen LogP contribution in [0.5, 0.6) is 0 Å². The molecule has 0 radical (unpaired) electrons. The molecule has 384 valence electrons. The van der Waals surface area contributed by atoms with Crippen LogP contribution in [0.4, 0.5) is 0 Å². The maximum atomic E-state index is 14.4. The molecular formula is C49H72N10O11. The Morgan fingerprint density at radius 3 is 2.20 bits per heavy atom. The second kappa shape index (κ2) is 26.1. The highest BCUT2D eigenvalue weighted by Gasteiger charge is 2.40. The van der Waals surface area contributed by atoms with Gasteiger partial charge in [-0.1, -0.05) is 31.0 Å². The van der Waals surface area contributed by atoms with Crippen LogP contribution in [0.2, 0.25) is 0 Å². The van der Waals surface area contributed by atoms with Crippen LogP contribution in [-0.2, 0) is 54.4 Å². The predicted molar refractivity (Wildman–Crippen MR) is 257 cm³/mol. The van der Waals surface area contributed by atoms with E-state index in [9.17, 15) is 53.1 Å². The van der Waals surface area contributed by atoms with Crippen LogP contribution in [-0.4, -0.2) is 166 Å². The van der Waals surface area contributed by atoms with Crippen LogP contribution in [0.15, 0.2) is 30.5 Å². The number of ketones is 2. The van der Waals surface area contributed by atoms with Gasteiger partial charge in [0.05, 0.1) is 18.5 Å². The SMILES string of the molecule is C[C@@H]1NC(=O)[C@H](Cc2c[nH]c3ccccc23)CC(=O)[C@H](CCCCN(C)C)NC(=O)[C@H](C)NC(=O)C[C@@H](C(=O)N2CCC[C@H]2C(N)=O)NC(=O)[C@@H](NC(=O)[C@@H]2CCCN2C(=O)CO)CCCCCC1=O. The minimum Gasteiger partial charge on any atom is -0.387 e. The molecule has 3 saturated heterocycles. The lowest BCUT2D eigenvalue weighted by molar-refractivity contribution is -0.143. The number of aromatic nitrogens is 1. The average Bonchev–Trinajstić information content (AvgIpc) is 4.12. The summed E-state index contributed by atoms with van der Waals surface area (Å²) in [4.78, 5) is 145. The number of nitrogens with zero attached hydrogens (tertiary/aromatic N) is 3. The van der Waals surface area contributed by atoms with Gasteiger partial charge in [-0.2, -0.15) is 0 Å². The number of fused-ring (bicyclic) bond motifs is 1. The minimum absolute atomic E-state index is 0.0104. The first-order chi connectivity index (χ1) is 33.4. The van der Waals surface area contributed by atoms with E-state index in [1.54, 1.807) is 13.1 Å². The van der Waals surface area contributed by atoms with Gasteiger partial charge in [-0.25, -0.2) is 0 Å². The molecule has 0 spiro atoms. The summed E-state index contributed by atoms with van der Waals surface area (Å²) >= 11 is 0. The van der Waals surface area contributed by atoms with Gasteiger partial charge in [0.2, 0.25) is 47.3 Å². The number of benzene rings is 1. The number of H-pyrrole nitrogens is 1. The Hall–Kier alpha value is -6.22. The van der Waals surface area contributed by atoms with Gasteiger partial charge in [0, 0.05) is 48.9 Å². The summed E-state index contributed by atoms with van der Waals surface area (Å²) in [6.45, 7) is 3.20. The Bertz CT molecular complexity index is 2230. The third-order valence-corrected chi connectivity index (χ3v) is 13.6. The Morgan fingerprint density at radius 1 is 0.771 bits per heavy atom. The zero-order valence-electron chi connectivity index (χ0n) is 40.9. The first kappa shape index (κ1) is 54.7. The van der Waals surface area contributed by atoms with Crippen molar-refractivity contribution in [2.45, 2.75) is 152 Å². The smallest absolute Gasteiger partial charge is 0.248 e. The fourth-order valence-electron chi connectivity index (χ4n) is 9.56. The third-order valence-electron chi connectivity index (χ3n) is 13.6. The lowest BCUT2D eigenvalue weighted by Crippen LogP contribution is -2.59. The highest BCUT2D eigenvalue weighted by molar-refractivity contribution is 5.99. The number of likely N-dealkylation sites (tertiary alicyclic amines) is 2. The van der Waals surface area contributed by atoms with Gasteiger partial charge < -0.3 is 57.1 Å². The predicted octanol–water partition coefficient (Wildman–Crippen LogP) is -0.136. The molecule has 2 aromatic rings. The summed E-state index contributed by atoms with van der Waals surface area (Å²) in [6, 6.07) is -0.581. The van der Waals surface area contributed by atoms with Gasteiger partial charge in [-0.3, -0.25) is 47.9 Å². The second-order valence-electron chi connectivity index (χ2n) is 19.2. The molecule has 3 aliphatic heterocycles. The van der Waals surface area contributed by atoms with Crippen molar-refractivity contribution in [3.05, 3.63) is 36.0 Å². The van der Waals surface area contributed by atoms with Crippen molar-refractivity contribution in [1.82, 2.24) is 46.3 Å². The van der Waals surface area contributed by atoms with Crippen molar-refractivity contribution in [1.29, 1.82) is 0 Å². The van der Waals surface area contributed by atoms with Gasteiger partial charge in [-0.05, 0) is 110 Å². The van der Waals surface area contributed by atoms with Crippen molar-refractivity contribution < 1.29 is 53.1 Å². The number of hydrogen-bond acceptors (Lipinski definition) is 12. The number of aliphatic hydroxyl groups excluding tert-OH is 1. The average molecular weight is 977 g/mol. The normalized spacial score (nSPS) is 26.4. The molecule has 0 bridgehead atoms. The standard InChI is InChI=1S/C49H72N10O11/c1-29-40(61)20-7-5-6-17-36(55-48(69)39-19-13-22-58(39)43(64)28-60)47(68)56-37(49(70)59-23-12-18-38(59)44(50)65)26-42(63)52-30(2)45(66)54-35(16-10-11-21-57(3)4)41(62)25-31(46(67)53-29)24-32-27-51-34-15-9-8-14-33(32)34/h8-9,14-15,27,29-31,35-39,51,60H,5-7,10-13,16-26,28H2,1-4H3,(H2,50,65)(H,52,63)(H,53,67)(H,54,66)(H,55,69)(H,56,68)/t29-,30-,31+,35-,36-,37-,38-,39-/m0/s1. The number of aromatic amines is 1. The van der Waals surface area contributed by atoms with E-state index in [0.717, 1.165) is 16.5 Å². The molecule has 1 aromatic carbocycles. The molecule has 70 heavy (non-hydrogen) atoms. The van der Waals surface area contributed by atoms with E-state index in [-0.39, 0.29) is 63.8 Å². The number of carbonyl (C=O) groups is 10. The monoisotopic (exact) mass is 977 g/mol. The zero-order valence-corrected chi connectivity index (χ0v) is 40.9. The van der Waals surface area contributed by atoms with Gasteiger partial charge in [0.25, 0.3) is 0 Å². The molecule has 5 rings (SSSR count). The quantitative estimate of drug-likeness (QED) is 0.129. The molecule has 0 saturated carbocycles. The molecule has 0 unspecified atom stereocenters. The van der Waals surface area contributed by atoms with Crippen LogP contribution >= 0.6 is 0 Å². The Labute approximate surface area is 408 Å². The summed E-state index contributed by atoms with van der Waals surface area (Å²) in [6.07, 6.45) is 4.97. The summed E-state index contributed by atoms with van der Waals surface area (Å²) in [5.41, 5.74) is 7.27. The summed E-state index contributed by atoms with van der Waals surface area (Å²) in [5, 5.41) is 23.9. The molecule has 3 fully saturated rings. The number of Topliss-reactive ketones (excluding diaryl/α,β-unsaturated/α-hetero) is 2. The van der Waals surface area contributed by atoms with Crippen molar-refractivity contribution >= 4 is 69.7 Å². The first-order valence-corrected chi connectivity index (χ1v) is 24.6. The summed E-state index contributed by atoms with van der Waals surface area (Å²) < 4.78 is 0. The largest absolute Gasteiger partial charge is 0.387 e. The van der Waals surface area contributed by atoms with Gasteiger partial charge in [0.15, 0.2) is 11.6 Å². The van der Waals surface area contributed by atoms with Gasteiger partial charge >= 0.3 is 0 Å². The van der Waals surface area contributed by atoms with Crippen LogP contribution < -0.4 is 32.3 Å². The Morgan fingerprint density at radius 2 is 1.49 bits per heavy atom. The van der Waals surface area contributed by atoms with Crippen molar-refractivity contribution in [2.75, 3.05) is 40.3 Å². The number of amides is 8. The molecule has 8 amide bonds. The molecule has 9 N–H and O–H groups in total. The van der Waals surface area contributed by atoms with Crippen LogP contribution in [0.25, 0.3) is 10.9 Å². The Balaban J connectivity index is 1.45. The molecule has 21 heteroatoms. The van der Waals surface area contributed by atoms with Gasteiger partial charge in [-0.15, -0.1) is 0 Å². The number of rotatable bonds is 12. The molecule has 8 atom stereocenters. The number of nitrogens with one attached hydrogen (secondary N) is 6. The molecule has 21 nitrogen and oxygen atoms in total. The second-order valence-corrected chi connectivity index (χ2v) is 19.2. The maximum absolute atomic E-state index is 14.4. The van der Waals surface area contributed by atoms with E-state index in [1.807, 2.05) is 43.3 Å². The van der Waals surface area contributed by atoms with Gasteiger partial charge in [0.1, 0.15) is 36.8 Å².